The predicted molar refractivity (Wildman–Crippen MR) is 59.2 cm³/mol. The average Bonchev–Trinajstić information content (AvgIpc) is 2.19. The van der Waals surface area contributed by atoms with Crippen molar-refractivity contribution in [1.82, 2.24) is 0 Å². The first kappa shape index (κ1) is 11.9. The van der Waals surface area contributed by atoms with Crippen LogP contribution in [-0.4, -0.2) is 15.0 Å². The molecule has 1 aromatic carbocycles. The van der Waals surface area contributed by atoms with Gasteiger partial charge in [-0.3, -0.25) is 4.18 Å². The topological polar surface area (TPSA) is 43.4 Å². The molecule has 0 unspecified atom stereocenters. The lowest BCUT2D eigenvalue weighted by atomic mass is 10.1. The first-order valence-electron chi connectivity index (χ1n) is 4.70. The highest BCUT2D eigenvalue weighted by Gasteiger charge is 2.17. The van der Waals surface area contributed by atoms with E-state index in [1.807, 2.05) is 0 Å². The number of hydrogen-bond donors (Lipinski definition) is 0. The van der Waals surface area contributed by atoms with Gasteiger partial charge in [-0.2, -0.15) is 8.42 Å². The van der Waals surface area contributed by atoms with Gasteiger partial charge in [0.25, 0.3) is 10.1 Å². The maximum absolute atomic E-state index is 11.7. The minimum Gasteiger partial charge on any atom is -0.267 e. The average molecular weight is 226 g/mol. The maximum atomic E-state index is 11.7. The zero-order chi connectivity index (χ0) is 11.3. The van der Waals surface area contributed by atoms with Gasteiger partial charge in [-0.1, -0.05) is 24.3 Å². The summed E-state index contributed by atoms with van der Waals surface area (Å²) in [6, 6.07) is 6.78. The van der Waals surface area contributed by atoms with Crippen LogP contribution in [0.15, 0.2) is 41.8 Å². The minimum absolute atomic E-state index is 0.144. The van der Waals surface area contributed by atoms with Crippen LogP contribution in [-0.2, 0) is 20.7 Å². The Morgan fingerprint density at radius 2 is 2.07 bits per heavy atom. The van der Waals surface area contributed by atoms with Gasteiger partial charge < -0.3 is 0 Å². The SMILES string of the molecule is C=CCc1ccccc1S(=O)(=O)OCC. The van der Waals surface area contributed by atoms with E-state index < -0.39 is 10.1 Å². The van der Waals surface area contributed by atoms with E-state index in [1.54, 1.807) is 37.3 Å². The van der Waals surface area contributed by atoms with Crippen molar-refractivity contribution in [2.75, 3.05) is 6.61 Å². The van der Waals surface area contributed by atoms with E-state index in [2.05, 4.69) is 6.58 Å². The Bertz CT molecular complexity index is 435. The Labute approximate surface area is 90.5 Å². The third kappa shape index (κ3) is 2.91. The lowest BCUT2D eigenvalue weighted by Crippen LogP contribution is -2.08. The summed E-state index contributed by atoms with van der Waals surface area (Å²) >= 11 is 0. The van der Waals surface area contributed by atoms with Crippen molar-refractivity contribution in [2.24, 2.45) is 0 Å². The van der Waals surface area contributed by atoms with Gasteiger partial charge in [0.15, 0.2) is 0 Å². The molecule has 82 valence electrons. The van der Waals surface area contributed by atoms with Gasteiger partial charge in [0.2, 0.25) is 0 Å². The number of benzene rings is 1. The van der Waals surface area contributed by atoms with E-state index >= 15 is 0 Å². The largest absolute Gasteiger partial charge is 0.297 e. The fraction of sp³-hybridized carbons (Fsp3) is 0.273. The van der Waals surface area contributed by atoms with Crippen LogP contribution in [0.25, 0.3) is 0 Å². The first-order chi connectivity index (χ1) is 7.11. The molecule has 0 aromatic heterocycles. The molecule has 0 aliphatic heterocycles. The molecule has 0 N–H and O–H groups in total. The maximum Gasteiger partial charge on any atom is 0.297 e. The summed E-state index contributed by atoms with van der Waals surface area (Å²) in [5.41, 5.74) is 0.709. The van der Waals surface area contributed by atoms with Crippen LogP contribution >= 0.6 is 0 Å². The Balaban J connectivity index is 3.18. The minimum atomic E-state index is -3.61. The number of rotatable bonds is 5. The van der Waals surface area contributed by atoms with Crippen LogP contribution in [0, 0.1) is 0 Å². The number of allylic oxidation sites excluding steroid dienone is 1. The van der Waals surface area contributed by atoms with Crippen molar-refractivity contribution in [3.8, 4) is 0 Å². The molecular formula is C11H14O3S. The second-order valence-electron chi connectivity index (χ2n) is 2.96. The third-order valence-corrected chi connectivity index (χ3v) is 3.36. The van der Waals surface area contributed by atoms with Gasteiger partial charge in [0.1, 0.15) is 0 Å². The van der Waals surface area contributed by atoms with Crippen LogP contribution < -0.4 is 0 Å². The molecule has 15 heavy (non-hydrogen) atoms. The van der Waals surface area contributed by atoms with Crippen LogP contribution in [0.5, 0.6) is 0 Å². The van der Waals surface area contributed by atoms with Crippen molar-refractivity contribution in [3.63, 3.8) is 0 Å². The van der Waals surface area contributed by atoms with Crippen molar-refractivity contribution >= 4 is 10.1 Å². The highest BCUT2D eigenvalue weighted by atomic mass is 32.2. The molecule has 0 saturated carbocycles. The summed E-state index contributed by atoms with van der Waals surface area (Å²) in [5, 5.41) is 0. The van der Waals surface area contributed by atoms with Gasteiger partial charge in [-0.25, -0.2) is 0 Å². The molecular weight excluding hydrogens is 212 g/mol. The Morgan fingerprint density at radius 3 is 2.67 bits per heavy atom. The van der Waals surface area contributed by atoms with Gasteiger partial charge in [0, 0.05) is 0 Å². The summed E-state index contributed by atoms with van der Waals surface area (Å²) in [7, 11) is -3.61. The van der Waals surface area contributed by atoms with Gasteiger partial charge in [-0.15, -0.1) is 6.58 Å². The summed E-state index contributed by atoms with van der Waals surface area (Å²) in [5.74, 6) is 0. The van der Waals surface area contributed by atoms with Crippen LogP contribution in [0.1, 0.15) is 12.5 Å². The molecule has 1 rings (SSSR count). The Morgan fingerprint density at radius 1 is 1.40 bits per heavy atom. The molecule has 0 aliphatic carbocycles. The normalized spacial score (nSPS) is 11.3. The summed E-state index contributed by atoms with van der Waals surface area (Å²) in [6.07, 6.45) is 2.18. The molecule has 4 heteroatoms. The molecule has 0 radical (unpaired) electrons. The highest BCUT2D eigenvalue weighted by Crippen LogP contribution is 2.18. The number of hydrogen-bond acceptors (Lipinski definition) is 3. The van der Waals surface area contributed by atoms with Crippen molar-refractivity contribution < 1.29 is 12.6 Å². The van der Waals surface area contributed by atoms with Crippen LogP contribution in [0.4, 0.5) is 0 Å². The second-order valence-corrected chi connectivity index (χ2v) is 4.54. The van der Waals surface area contributed by atoms with Crippen molar-refractivity contribution in [1.29, 1.82) is 0 Å². The molecule has 0 spiro atoms. The van der Waals surface area contributed by atoms with E-state index in [0.717, 1.165) is 0 Å². The summed E-state index contributed by atoms with van der Waals surface area (Å²) < 4.78 is 28.1. The monoisotopic (exact) mass is 226 g/mol. The molecule has 3 nitrogen and oxygen atoms in total. The second kappa shape index (κ2) is 5.09. The Hall–Kier alpha value is -1.13. The molecule has 0 heterocycles. The van der Waals surface area contributed by atoms with Crippen LogP contribution in [0.3, 0.4) is 0 Å². The van der Waals surface area contributed by atoms with Gasteiger partial charge >= 0.3 is 0 Å². The van der Waals surface area contributed by atoms with E-state index in [1.165, 1.54) is 0 Å². The lowest BCUT2D eigenvalue weighted by molar-refractivity contribution is 0.337. The third-order valence-electron chi connectivity index (χ3n) is 1.88. The molecule has 0 bridgehead atoms. The quantitative estimate of drug-likeness (QED) is 0.570. The smallest absolute Gasteiger partial charge is 0.267 e. The Kier molecular flexibility index (Phi) is 4.05. The fourth-order valence-electron chi connectivity index (χ4n) is 1.29. The van der Waals surface area contributed by atoms with E-state index in [9.17, 15) is 8.42 Å². The molecule has 0 saturated heterocycles. The van der Waals surface area contributed by atoms with E-state index in [4.69, 9.17) is 4.18 Å². The fourth-order valence-corrected chi connectivity index (χ4v) is 2.45. The molecule has 0 aliphatic rings. The summed E-state index contributed by atoms with van der Waals surface area (Å²) in [4.78, 5) is 0.228. The van der Waals surface area contributed by atoms with Crippen molar-refractivity contribution in [3.05, 3.63) is 42.5 Å². The van der Waals surface area contributed by atoms with E-state index in [0.29, 0.717) is 12.0 Å². The lowest BCUT2D eigenvalue weighted by Gasteiger charge is -2.07. The standard InChI is InChI=1S/C11H14O3S/c1-3-7-10-8-5-6-9-11(10)15(12,13)14-4-2/h3,5-6,8-9H,1,4,7H2,2H3. The van der Waals surface area contributed by atoms with Gasteiger partial charge in [-0.05, 0) is 25.0 Å². The molecule has 0 atom stereocenters. The first-order valence-corrected chi connectivity index (χ1v) is 6.11. The zero-order valence-corrected chi connectivity index (χ0v) is 9.46. The van der Waals surface area contributed by atoms with Gasteiger partial charge in [0.05, 0.1) is 11.5 Å². The zero-order valence-electron chi connectivity index (χ0n) is 8.64. The van der Waals surface area contributed by atoms with Crippen molar-refractivity contribution in [2.45, 2.75) is 18.2 Å². The van der Waals surface area contributed by atoms with Crippen LogP contribution in [0.2, 0.25) is 0 Å². The molecule has 0 amide bonds. The predicted octanol–water partition coefficient (Wildman–Crippen LogP) is 2.14. The molecule has 0 fully saturated rings. The molecule has 1 aromatic rings. The van der Waals surface area contributed by atoms with E-state index in [-0.39, 0.29) is 11.5 Å². The summed E-state index contributed by atoms with van der Waals surface area (Å²) in [6.45, 7) is 5.38. The highest BCUT2D eigenvalue weighted by molar-refractivity contribution is 7.86.